The number of nitrogens with zero attached hydrogens (tertiary/aromatic N) is 3. The molecule has 2 aliphatic rings. The van der Waals surface area contributed by atoms with Gasteiger partial charge in [-0.3, -0.25) is 24.5 Å². The summed E-state index contributed by atoms with van der Waals surface area (Å²) in [6.45, 7) is 1.91. The fraction of sp³-hybridized carbons (Fsp3) is 0.167. The molecule has 2 heterocycles. The van der Waals surface area contributed by atoms with E-state index in [1.807, 2.05) is 25.1 Å². The number of hydroxylamine groups is 1. The van der Waals surface area contributed by atoms with Gasteiger partial charge in [0, 0.05) is 22.7 Å². The third-order valence-electron chi connectivity index (χ3n) is 5.93. The summed E-state index contributed by atoms with van der Waals surface area (Å²) >= 11 is 6.46. The van der Waals surface area contributed by atoms with Gasteiger partial charge in [0.2, 0.25) is 5.91 Å². The number of halogens is 1. The Balaban J connectivity index is 1.63. The van der Waals surface area contributed by atoms with Crippen LogP contribution in [-0.2, 0) is 14.4 Å². The number of amides is 2. The van der Waals surface area contributed by atoms with Crippen LogP contribution in [0.1, 0.15) is 17.2 Å². The summed E-state index contributed by atoms with van der Waals surface area (Å²) in [6, 6.07) is 19.2. The first-order valence-corrected chi connectivity index (χ1v) is 10.6. The molecule has 0 unspecified atom stereocenters. The van der Waals surface area contributed by atoms with E-state index in [0.29, 0.717) is 16.9 Å². The van der Waals surface area contributed by atoms with Crippen LogP contribution in [0.15, 0.2) is 72.8 Å². The minimum Gasteiger partial charge on any atom is -0.273 e. The molecule has 5 rings (SSSR count). The molecule has 0 radical (unpaired) electrons. The Kier molecular flexibility index (Phi) is 5.11. The zero-order valence-electron chi connectivity index (χ0n) is 17.4. The molecule has 0 bridgehead atoms. The van der Waals surface area contributed by atoms with Crippen LogP contribution in [0.3, 0.4) is 0 Å². The zero-order valence-corrected chi connectivity index (χ0v) is 18.2. The van der Waals surface area contributed by atoms with E-state index >= 15 is 0 Å². The van der Waals surface area contributed by atoms with Gasteiger partial charge in [0.25, 0.3) is 11.6 Å². The van der Waals surface area contributed by atoms with Gasteiger partial charge >= 0.3 is 0 Å². The van der Waals surface area contributed by atoms with Crippen LogP contribution < -0.4 is 9.96 Å². The molecule has 3 aromatic rings. The molecule has 3 atom stereocenters. The van der Waals surface area contributed by atoms with E-state index in [-0.39, 0.29) is 10.7 Å². The first-order valence-electron chi connectivity index (χ1n) is 10.3. The number of nitro groups is 1. The fourth-order valence-electron chi connectivity index (χ4n) is 4.35. The molecule has 2 aliphatic heterocycles. The number of para-hydroxylation sites is 1. The second kappa shape index (κ2) is 7.99. The first kappa shape index (κ1) is 21.1. The summed E-state index contributed by atoms with van der Waals surface area (Å²) in [5.74, 6) is -1.86. The van der Waals surface area contributed by atoms with Gasteiger partial charge in [-0.2, -0.15) is 0 Å². The van der Waals surface area contributed by atoms with Crippen LogP contribution in [0.5, 0.6) is 0 Å². The third kappa shape index (κ3) is 3.44. The maximum atomic E-state index is 13.6. The van der Waals surface area contributed by atoms with Crippen molar-refractivity contribution in [2.75, 3.05) is 9.96 Å². The summed E-state index contributed by atoms with van der Waals surface area (Å²) in [7, 11) is 0. The van der Waals surface area contributed by atoms with E-state index < -0.39 is 34.8 Å². The number of hydrogen-bond donors (Lipinski definition) is 0. The Morgan fingerprint density at radius 3 is 2.30 bits per heavy atom. The molecule has 0 N–H and O–H groups in total. The topological polar surface area (TPSA) is 93.0 Å². The van der Waals surface area contributed by atoms with Crippen molar-refractivity contribution < 1.29 is 19.3 Å². The molecule has 0 spiro atoms. The lowest BCUT2D eigenvalue weighted by molar-refractivity contribution is -0.384. The van der Waals surface area contributed by atoms with Crippen molar-refractivity contribution in [2.24, 2.45) is 5.92 Å². The van der Waals surface area contributed by atoms with Crippen LogP contribution >= 0.6 is 11.6 Å². The van der Waals surface area contributed by atoms with Gasteiger partial charge in [-0.05, 0) is 37.3 Å². The highest BCUT2D eigenvalue weighted by molar-refractivity contribution is 6.31. The van der Waals surface area contributed by atoms with Crippen molar-refractivity contribution in [1.29, 1.82) is 0 Å². The van der Waals surface area contributed by atoms with E-state index in [1.165, 1.54) is 23.3 Å². The number of rotatable bonds is 4. The highest BCUT2D eigenvalue weighted by Crippen LogP contribution is 2.49. The van der Waals surface area contributed by atoms with Crippen molar-refractivity contribution in [2.45, 2.75) is 19.1 Å². The number of nitro benzene ring substituents is 1. The number of imide groups is 1. The Morgan fingerprint density at radius 1 is 0.939 bits per heavy atom. The van der Waals surface area contributed by atoms with Gasteiger partial charge in [0.1, 0.15) is 5.92 Å². The van der Waals surface area contributed by atoms with E-state index in [0.717, 1.165) is 10.5 Å². The van der Waals surface area contributed by atoms with Gasteiger partial charge in [-0.25, -0.2) is 9.96 Å². The first-order chi connectivity index (χ1) is 15.9. The molecule has 2 amide bonds. The lowest BCUT2D eigenvalue weighted by Gasteiger charge is -2.29. The molecule has 0 aromatic heterocycles. The van der Waals surface area contributed by atoms with Gasteiger partial charge in [-0.15, -0.1) is 0 Å². The van der Waals surface area contributed by atoms with Crippen LogP contribution in [-0.4, -0.2) is 22.8 Å². The summed E-state index contributed by atoms with van der Waals surface area (Å²) in [6.07, 6.45) is -1.08. The average Bonchev–Trinajstić information content (AvgIpc) is 3.31. The maximum Gasteiger partial charge on any atom is 0.269 e. The summed E-state index contributed by atoms with van der Waals surface area (Å²) in [5, 5.41) is 13.1. The summed E-state index contributed by atoms with van der Waals surface area (Å²) < 4.78 is 0. The number of aryl methyl sites for hydroxylation is 1. The molecular weight excluding hydrogens is 446 g/mol. The molecule has 3 aromatic carbocycles. The Hall–Kier alpha value is -3.75. The lowest BCUT2D eigenvalue weighted by Crippen LogP contribution is -2.37. The molecule has 33 heavy (non-hydrogen) atoms. The number of carbonyl (C=O) groups is 2. The second-order valence-electron chi connectivity index (χ2n) is 7.97. The molecule has 2 saturated heterocycles. The molecule has 0 saturated carbocycles. The van der Waals surface area contributed by atoms with Crippen LogP contribution in [0.25, 0.3) is 0 Å². The fourth-order valence-corrected chi connectivity index (χ4v) is 4.58. The standard InChI is InChI=1S/C24H18ClN3O5/c1-14-7-9-15(10-8-14)26-23(29)20-21(18-13-17(28(31)32)11-12-19(18)25)27(33-22(20)24(26)30)16-5-3-2-4-6-16/h2-13,20-22H,1H3/t20-,21+,22-/m0/s1. The Morgan fingerprint density at radius 2 is 1.64 bits per heavy atom. The second-order valence-corrected chi connectivity index (χ2v) is 8.38. The van der Waals surface area contributed by atoms with E-state index in [1.54, 1.807) is 36.4 Å². The molecule has 8 nitrogen and oxygen atoms in total. The SMILES string of the molecule is Cc1ccc(N2C(=O)[C@@H]3[C@H](ON(c4ccccc4)[C@@H]3c3cc([N+](=O)[O-])ccc3Cl)C2=O)cc1. The van der Waals surface area contributed by atoms with Crippen molar-refractivity contribution in [3.05, 3.63) is 99.1 Å². The molecular formula is C24H18ClN3O5. The summed E-state index contributed by atoms with van der Waals surface area (Å²) in [5.41, 5.74) is 2.21. The Labute approximate surface area is 194 Å². The highest BCUT2D eigenvalue weighted by Gasteiger charge is 2.60. The third-order valence-corrected chi connectivity index (χ3v) is 6.27. The molecule has 0 aliphatic carbocycles. The number of non-ortho nitro benzene ring substituents is 1. The van der Waals surface area contributed by atoms with Crippen molar-refractivity contribution in [3.63, 3.8) is 0 Å². The number of benzene rings is 3. The van der Waals surface area contributed by atoms with Crippen LogP contribution in [0, 0.1) is 23.0 Å². The molecule has 166 valence electrons. The van der Waals surface area contributed by atoms with Crippen molar-refractivity contribution in [1.82, 2.24) is 0 Å². The predicted molar refractivity (Wildman–Crippen MR) is 122 cm³/mol. The number of carbonyl (C=O) groups excluding carboxylic acids is 2. The van der Waals surface area contributed by atoms with Gasteiger partial charge in [0.15, 0.2) is 6.10 Å². The van der Waals surface area contributed by atoms with Gasteiger partial charge < -0.3 is 0 Å². The minimum absolute atomic E-state index is 0.168. The Bertz CT molecular complexity index is 1260. The van der Waals surface area contributed by atoms with E-state index in [4.69, 9.17) is 16.4 Å². The van der Waals surface area contributed by atoms with Gasteiger partial charge in [0.05, 0.1) is 22.3 Å². The monoisotopic (exact) mass is 463 g/mol. The maximum absolute atomic E-state index is 13.6. The van der Waals surface area contributed by atoms with Crippen molar-refractivity contribution >= 4 is 40.5 Å². The average molecular weight is 464 g/mol. The lowest BCUT2D eigenvalue weighted by atomic mass is 9.90. The van der Waals surface area contributed by atoms with Crippen LogP contribution in [0.4, 0.5) is 17.1 Å². The van der Waals surface area contributed by atoms with Crippen LogP contribution in [0.2, 0.25) is 5.02 Å². The summed E-state index contributed by atoms with van der Waals surface area (Å²) in [4.78, 5) is 45.0. The largest absolute Gasteiger partial charge is 0.273 e. The minimum atomic E-state index is -1.08. The molecule has 9 heteroatoms. The van der Waals surface area contributed by atoms with Gasteiger partial charge in [-0.1, -0.05) is 47.5 Å². The highest BCUT2D eigenvalue weighted by atomic mass is 35.5. The number of hydrogen-bond acceptors (Lipinski definition) is 6. The van der Waals surface area contributed by atoms with Crippen molar-refractivity contribution in [3.8, 4) is 0 Å². The van der Waals surface area contributed by atoms with E-state index in [2.05, 4.69) is 0 Å². The normalized spacial score (nSPS) is 22.1. The molecule has 2 fully saturated rings. The predicted octanol–water partition coefficient (Wildman–Crippen LogP) is 4.61. The zero-order chi connectivity index (χ0) is 23.3. The quantitative estimate of drug-likeness (QED) is 0.319. The number of fused-ring (bicyclic) bond motifs is 1. The smallest absolute Gasteiger partial charge is 0.269 e. The van der Waals surface area contributed by atoms with E-state index in [9.17, 15) is 19.7 Å². The number of anilines is 2.